The predicted molar refractivity (Wildman–Crippen MR) is 83.3 cm³/mol. The molecule has 0 aliphatic carbocycles. The quantitative estimate of drug-likeness (QED) is 0.770. The van der Waals surface area contributed by atoms with Crippen molar-refractivity contribution in [1.29, 1.82) is 0 Å². The summed E-state index contributed by atoms with van der Waals surface area (Å²) in [5.41, 5.74) is 1.10. The van der Waals surface area contributed by atoms with E-state index in [0.29, 0.717) is 11.1 Å². The molecule has 0 bridgehead atoms. The third kappa shape index (κ3) is 5.04. The van der Waals surface area contributed by atoms with Gasteiger partial charge in [-0.15, -0.1) is 0 Å². The average Bonchev–Trinajstić information content (AvgIpc) is 2.51. The Kier molecular flexibility index (Phi) is 5.30. The van der Waals surface area contributed by atoms with E-state index in [9.17, 15) is 17.6 Å². The fraction of sp³-hybridized carbons (Fsp3) is 0.133. The number of carbonyl (C=O) groups is 1. The first-order valence-electron chi connectivity index (χ1n) is 6.73. The summed E-state index contributed by atoms with van der Waals surface area (Å²) in [5.74, 6) is -0.383. The van der Waals surface area contributed by atoms with Crippen LogP contribution < -0.4 is 15.8 Å². The van der Waals surface area contributed by atoms with Crippen molar-refractivity contribution < 1.29 is 17.6 Å². The highest BCUT2D eigenvalue weighted by atomic mass is 32.2. The minimum atomic E-state index is -3.73. The normalized spacial score (nSPS) is 11.0. The van der Waals surface area contributed by atoms with Gasteiger partial charge in [-0.2, -0.15) is 0 Å². The molecular weight excluding hydrogens is 321 g/mol. The van der Waals surface area contributed by atoms with Gasteiger partial charge in [0.15, 0.2) is 0 Å². The van der Waals surface area contributed by atoms with Gasteiger partial charge in [-0.3, -0.25) is 0 Å². The summed E-state index contributed by atoms with van der Waals surface area (Å²) in [6.07, 6.45) is 0. The Morgan fingerprint density at radius 3 is 2.22 bits per heavy atom. The second-order valence-electron chi connectivity index (χ2n) is 4.82. The Balaban J connectivity index is 1.84. The number of hydrogen-bond acceptors (Lipinski definition) is 3. The molecule has 0 aliphatic heterocycles. The van der Waals surface area contributed by atoms with Crippen LogP contribution >= 0.6 is 0 Å². The summed E-state index contributed by atoms with van der Waals surface area (Å²) in [4.78, 5) is 11.7. The van der Waals surface area contributed by atoms with Crippen molar-refractivity contribution in [2.24, 2.45) is 5.14 Å². The standard InChI is InChI=1S/C15H16FN3O3S/c16-14-4-2-1-3-12(14)10-19-15(20)18-9-11-5-7-13(8-6-11)23(17,21)22/h1-8H,9-10H2,(H2,17,21,22)(H2,18,19,20). The number of amides is 2. The fourth-order valence-electron chi connectivity index (χ4n) is 1.86. The van der Waals surface area contributed by atoms with Gasteiger partial charge in [0.25, 0.3) is 0 Å². The SMILES string of the molecule is NS(=O)(=O)c1ccc(CNC(=O)NCc2ccccc2F)cc1. The first-order chi connectivity index (χ1) is 10.9. The van der Waals surface area contributed by atoms with Crippen molar-refractivity contribution in [3.63, 3.8) is 0 Å². The Bertz CT molecular complexity index is 792. The zero-order valence-electron chi connectivity index (χ0n) is 12.1. The number of rotatable bonds is 5. The predicted octanol–water partition coefficient (Wildman–Crippen LogP) is 1.47. The number of halogens is 1. The van der Waals surface area contributed by atoms with Gasteiger partial charge in [-0.25, -0.2) is 22.7 Å². The van der Waals surface area contributed by atoms with Gasteiger partial charge in [0.2, 0.25) is 10.0 Å². The summed E-state index contributed by atoms with van der Waals surface area (Å²) in [6.45, 7) is 0.275. The molecule has 0 spiro atoms. The summed E-state index contributed by atoms with van der Waals surface area (Å²) in [7, 11) is -3.73. The molecule has 0 atom stereocenters. The van der Waals surface area contributed by atoms with Crippen LogP contribution in [-0.2, 0) is 23.1 Å². The molecule has 0 radical (unpaired) electrons. The first kappa shape index (κ1) is 16.9. The van der Waals surface area contributed by atoms with E-state index in [1.54, 1.807) is 30.3 Å². The van der Waals surface area contributed by atoms with E-state index in [2.05, 4.69) is 10.6 Å². The Labute approximate surface area is 133 Å². The molecule has 0 saturated heterocycles. The highest BCUT2D eigenvalue weighted by molar-refractivity contribution is 7.89. The first-order valence-corrected chi connectivity index (χ1v) is 8.28. The third-order valence-electron chi connectivity index (χ3n) is 3.10. The van der Waals surface area contributed by atoms with Crippen LogP contribution in [0.2, 0.25) is 0 Å². The van der Waals surface area contributed by atoms with Crippen molar-refractivity contribution in [2.75, 3.05) is 0 Å². The van der Waals surface area contributed by atoms with Crippen LogP contribution in [0.15, 0.2) is 53.4 Å². The molecule has 2 aromatic carbocycles. The van der Waals surface area contributed by atoms with Gasteiger partial charge in [0.1, 0.15) is 5.82 Å². The summed E-state index contributed by atoms with van der Waals surface area (Å²) in [6, 6.07) is 11.5. The zero-order valence-corrected chi connectivity index (χ0v) is 12.9. The number of carbonyl (C=O) groups excluding carboxylic acids is 1. The molecule has 6 nitrogen and oxygen atoms in total. The van der Waals surface area contributed by atoms with Gasteiger partial charge >= 0.3 is 6.03 Å². The molecule has 4 N–H and O–H groups in total. The largest absolute Gasteiger partial charge is 0.334 e. The molecule has 2 rings (SSSR count). The van der Waals surface area contributed by atoms with Gasteiger partial charge in [0.05, 0.1) is 4.90 Å². The number of urea groups is 1. The number of nitrogens with one attached hydrogen (secondary N) is 2. The second-order valence-corrected chi connectivity index (χ2v) is 6.38. The van der Waals surface area contributed by atoms with Crippen molar-refractivity contribution in [1.82, 2.24) is 10.6 Å². The molecule has 0 aromatic heterocycles. The minimum absolute atomic E-state index is 0.00487. The molecule has 0 aliphatic rings. The van der Waals surface area contributed by atoms with Crippen molar-refractivity contribution >= 4 is 16.1 Å². The van der Waals surface area contributed by atoms with Crippen LogP contribution in [0.4, 0.5) is 9.18 Å². The molecule has 122 valence electrons. The summed E-state index contributed by atoms with van der Waals surface area (Å²) in [5, 5.41) is 10.1. The average molecular weight is 337 g/mol. The minimum Gasteiger partial charge on any atom is -0.334 e. The van der Waals surface area contributed by atoms with Gasteiger partial charge in [-0.05, 0) is 23.8 Å². The third-order valence-corrected chi connectivity index (χ3v) is 4.03. The van der Waals surface area contributed by atoms with Crippen LogP contribution in [0.3, 0.4) is 0 Å². The fourth-order valence-corrected chi connectivity index (χ4v) is 2.37. The van der Waals surface area contributed by atoms with E-state index in [4.69, 9.17) is 5.14 Å². The van der Waals surface area contributed by atoms with Crippen molar-refractivity contribution in [2.45, 2.75) is 18.0 Å². The van der Waals surface area contributed by atoms with E-state index in [-0.39, 0.29) is 23.8 Å². The van der Waals surface area contributed by atoms with Crippen LogP contribution in [-0.4, -0.2) is 14.4 Å². The lowest BCUT2D eigenvalue weighted by Crippen LogP contribution is -2.34. The molecule has 0 unspecified atom stereocenters. The maximum Gasteiger partial charge on any atom is 0.315 e. The molecular formula is C15H16FN3O3S. The molecule has 0 heterocycles. The number of nitrogens with two attached hydrogens (primary N) is 1. The molecule has 0 fully saturated rings. The molecule has 0 saturated carbocycles. The Morgan fingerprint density at radius 1 is 1.00 bits per heavy atom. The molecule has 2 amide bonds. The number of hydrogen-bond donors (Lipinski definition) is 3. The maximum absolute atomic E-state index is 13.4. The highest BCUT2D eigenvalue weighted by Gasteiger charge is 2.07. The van der Waals surface area contributed by atoms with Crippen molar-refractivity contribution in [3.05, 3.63) is 65.5 Å². The van der Waals surface area contributed by atoms with Gasteiger partial charge in [-0.1, -0.05) is 30.3 Å². The van der Waals surface area contributed by atoms with Gasteiger partial charge in [0, 0.05) is 18.7 Å². The lowest BCUT2D eigenvalue weighted by atomic mass is 10.2. The van der Waals surface area contributed by atoms with Crippen LogP contribution in [0, 0.1) is 5.82 Å². The van der Waals surface area contributed by atoms with E-state index in [0.717, 1.165) is 0 Å². The lowest BCUT2D eigenvalue weighted by molar-refractivity contribution is 0.240. The number of benzene rings is 2. The number of primary sulfonamides is 1. The molecule has 8 heteroatoms. The second kappa shape index (κ2) is 7.21. The topological polar surface area (TPSA) is 101 Å². The highest BCUT2D eigenvalue weighted by Crippen LogP contribution is 2.08. The Morgan fingerprint density at radius 2 is 1.61 bits per heavy atom. The van der Waals surface area contributed by atoms with E-state index in [1.165, 1.54) is 18.2 Å². The summed E-state index contributed by atoms with van der Waals surface area (Å²) >= 11 is 0. The van der Waals surface area contributed by atoms with E-state index >= 15 is 0 Å². The molecule has 2 aromatic rings. The van der Waals surface area contributed by atoms with Crippen LogP contribution in [0.25, 0.3) is 0 Å². The summed E-state index contributed by atoms with van der Waals surface area (Å²) < 4.78 is 35.6. The monoisotopic (exact) mass is 337 g/mol. The zero-order chi connectivity index (χ0) is 16.9. The van der Waals surface area contributed by atoms with E-state index < -0.39 is 16.1 Å². The molecule has 23 heavy (non-hydrogen) atoms. The van der Waals surface area contributed by atoms with Crippen molar-refractivity contribution in [3.8, 4) is 0 Å². The lowest BCUT2D eigenvalue weighted by Gasteiger charge is -2.08. The van der Waals surface area contributed by atoms with E-state index in [1.807, 2.05) is 0 Å². The Hall–Kier alpha value is -2.45. The van der Waals surface area contributed by atoms with Crippen LogP contribution in [0.1, 0.15) is 11.1 Å². The number of sulfonamides is 1. The van der Waals surface area contributed by atoms with Crippen LogP contribution in [0.5, 0.6) is 0 Å². The van der Waals surface area contributed by atoms with Gasteiger partial charge < -0.3 is 10.6 Å². The maximum atomic E-state index is 13.4. The smallest absolute Gasteiger partial charge is 0.315 e.